The summed E-state index contributed by atoms with van der Waals surface area (Å²) in [5, 5.41) is 21.0. The first-order valence-electron chi connectivity index (χ1n) is 5.86. The van der Waals surface area contributed by atoms with Gasteiger partial charge in [0.25, 0.3) is 0 Å². The second-order valence-electron chi connectivity index (χ2n) is 4.54. The molecule has 3 N–H and O–H groups in total. The van der Waals surface area contributed by atoms with Crippen LogP contribution >= 0.6 is 0 Å². The van der Waals surface area contributed by atoms with Gasteiger partial charge in [-0.15, -0.1) is 0 Å². The van der Waals surface area contributed by atoms with Gasteiger partial charge in [0, 0.05) is 5.69 Å². The lowest BCUT2D eigenvalue weighted by molar-refractivity contribution is -0.137. The van der Waals surface area contributed by atoms with E-state index in [9.17, 15) is 28.2 Å². The Balaban J connectivity index is 1.98. The molecule has 8 heteroatoms. The predicted molar refractivity (Wildman–Crippen MR) is 64.0 cm³/mol. The van der Waals surface area contributed by atoms with E-state index >= 15 is 0 Å². The maximum atomic E-state index is 12.4. The Bertz CT molecular complexity index is 480. The van der Waals surface area contributed by atoms with E-state index in [1.807, 2.05) is 0 Å². The van der Waals surface area contributed by atoms with Gasteiger partial charge in [-0.2, -0.15) is 13.2 Å². The number of nitrogens with zero attached hydrogens (tertiary/aromatic N) is 1. The molecule has 1 aromatic rings. The van der Waals surface area contributed by atoms with E-state index in [0.29, 0.717) is 0 Å². The summed E-state index contributed by atoms with van der Waals surface area (Å²) < 4.78 is 37.1. The molecule has 1 aromatic carbocycles. The average molecular weight is 290 g/mol. The topological polar surface area (TPSA) is 72.8 Å². The second kappa shape index (κ2) is 5.29. The molecule has 0 saturated carbocycles. The first kappa shape index (κ1) is 14.6. The standard InChI is InChI=1S/C12H13F3N2O3/c13-12(14,15)7-1-3-8(4-2-7)16-11(20)17-5-9(18)10(19)6-17/h1-4,9-10,18-19H,5-6H2,(H,16,20). The highest BCUT2D eigenvalue weighted by Gasteiger charge is 2.33. The summed E-state index contributed by atoms with van der Waals surface area (Å²) in [7, 11) is 0. The zero-order valence-corrected chi connectivity index (χ0v) is 10.3. The first-order chi connectivity index (χ1) is 9.27. The third-order valence-electron chi connectivity index (χ3n) is 3.01. The van der Waals surface area contributed by atoms with Crippen molar-refractivity contribution < 1.29 is 28.2 Å². The van der Waals surface area contributed by atoms with E-state index in [1.54, 1.807) is 0 Å². The van der Waals surface area contributed by atoms with E-state index in [0.717, 1.165) is 24.3 Å². The van der Waals surface area contributed by atoms with Crippen LogP contribution < -0.4 is 5.32 Å². The summed E-state index contributed by atoms with van der Waals surface area (Å²) in [6, 6.07) is 3.43. The minimum absolute atomic E-state index is 0.0202. The minimum atomic E-state index is -4.42. The van der Waals surface area contributed by atoms with Crippen molar-refractivity contribution >= 4 is 11.7 Å². The van der Waals surface area contributed by atoms with Crippen molar-refractivity contribution in [3.05, 3.63) is 29.8 Å². The average Bonchev–Trinajstić information content (AvgIpc) is 2.69. The maximum absolute atomic E-state index is 12.4. The quantitative estimate of drug-likeness (QED) is 0.729. The number of halogens is 3. The zero-order chi connectivity index (χ0) is 14.9. The summed E-state index contributed by atoms with van der Waals surface area (Å²) in [4.78, 5) is 12.9. The van der Waals surface area contributed by atoms with Gasteiger partial charge in [0.15, 0.2) is 0 Å². The largest absolute Gasteiger partial charge is 0.416 e. The SMILES string of the molecule is O=C(Nc1ccc(C(F)(F)F)cc1)N1CC(O)C(O)C1. The molecule has 1 fully saturated rings. The fraction of sp³-hybridized carbons (Fsp3) is 0.417. The summed E-state index contributed by atoms with van der Waals surface area (Å²) in [5.41, 5.74) is -0.596. The molecule has 1 aliphatic heterocycles. The number of anilines is 1. The van der Waals surface area contributed by atoms with Crippen molar-refractivity contribution in [1.82, 2.24) is 4.90 Å². The Hall–Kier alpha value is -1.80. The van der Waals surface area contributed by atoms with Gasteiger partial charge in [-0.1, -0.05) is 0 Å². The number of carbonyl (C=O) groups is 1. The number of urea groups is 1. The number of rotatable bonds is 1. The molecule has 1 heterocycles. The summed E-state index contributed by atoms with van der Waals surface area (Å²) in [6.07, 6.45) is -6.44. The molecule has 1 saturated heterocycles. The number of alkyl halides is 3. The molecule has 110 valence electrons. The number of hydrogen-bond acceptors (Lipinski definition) is 3. The third-order valence-corrected chi connectivity index (χ3v) is 3.01. The molecule has 2 rings (SSSR count). The van der Waals surface area contributed by atoms with Crippen LogP contribution in [0.15, 0.2) is 24.3 Å². The van der Waals surface area contributed by atoms with Crippen LogP contribution in [0.3, 0.4) is 0 Å². The highest BCUT2D eigenvalue weighted by molar-refractivity contribution is 5.89. The van der Waals surface area contributed by atoms with E-state index in [2.05, 4.69) is 5.32 Å². The van der Waals surface area contributed by atoms with E-state index in [1.165, 1.54) is 4.90 Å². The molecular weight excluding hydrogens is 277 g/mol. The number of amides is 2. The Morgan fingerprint density at radius 2 is 1.65 bits per heavy atom. The van der Waals surface area contributed by atoms with Crippen LogP contribution in [-0.4, -0.2) is 46.4 Å². The molecular formula is C12H13F3N2O3. The van der Waals surface area contributed by atoms with Crippen molar-refractivity contribution in [3.63, 3.8) is 0 Å². The lowest BCUT2D eigenvalue weighted by atomic mass is 10.2. The molecule has 0 aliphatic carbocycles. The number of aliphatic hydroxyl groups is 2. The Labute approximate surface area is 112 Å². The van der Waals surface area contributed by atoms with Crippen molar-refractivity contribution in [2.24, 2.45) is 0 Å². The van der Waals surface area contributed by atoms with E-state index in [4.69, 9.17) is 0 Å². The molecule has 0 spiro atoms. The normalized spacial score (nSPS) is 22.9. The van der Waals surface area contributed by atoms with Crippen LogP contribution in [0.4, 0.5) is 23.7 Å². The van der Waals surface area contributed by atoms with Gasteiger partial charge in [-0.25, -0.2) is 4.79 Å². The van der Waals surface area contributed by atoms with Gasteiger partial charge in [0.05, 0.1) is 30.9 Å². The van der Waals surface area contributed by atoms with E-state index in [-0.39, 0.29) is 18.8 Å². The molecule has 1 aliphatic rings. The lowest BCUT2D eigenvalue weighted by Crippen LogP contribution is -2.33. The molecule has 0 bridgehead atoms. The molecule has 5 nitrogen and oxygen atoms in total. The van der Waals surface area contributed by atoms with Gasteiger partial charge in [0.1, 0.15) is 0 Å². The monoisotopic (exact) mass is 290 g/mol. The van der Waals surface area contributed by atoms with Crippen LogP contribution in [0.25, 0.3) is 0 Å². The van der Waals surface area contributed by atoms with Crippen LogP contribution in [0.5, 0.6) is 0 Å². The summed E-state index contributed by atoms with van der Waals surface area (Å²) in [5.74, 6) is 0. The number of carbonyl (C=O) groups excluding carboxylic acids is 1. The Morgan fingerprint density at radius 1 is 1.15 bits per heavy atom. The smallest absolute Gasteiger partial charge is 0.388 e. The fourth-order valence-electron chi connectivity index (χ4n) is 1.88. The van der Waals surface area contributed by atoms with Gasteiger partial charge in [-0.05, 0) is 24.3 Å². The van der Waals surface area contributed by atoms with Crippen LogP contribution in [0.1, 0.15) is 5.56 Å². The summed E-state index contributed by atoms with van der Waals surface area (Å²) in [6.45, 7) is -0.0404. The Morgan fingerprint density at radius 3 is 2.10 bits per heavy atom. The number of hydrogen-bond donors (Lipinski definition) is 3. The number of β-amino-alcohol motifs (C(OH)–C–C–N with tert-alkyl or cyclic N) is 2. The first-order valence-corrected chi connectivity index (χ1v) is 5.86. The number of aliphatic hydroxyl groups excluding tert-OH is 2. The highest BCUT2D eigenvalue weighted by Crippen LogP contribution is 2.29. The molecule has 0 aromatic heterocycles. The highest BCUT2D eigenvalue weighted by atomic mass is 19.4. The summed E-state index contributed by atoms with van der Waals surface area (Å²) >= 11 is 0. The Kier molecular flexibility index (Phi) is 3.87. The van der Waals surface area contributed by atoms with Gasteiger partial charge in [0.2, 0.25) is 0 Å². The van der Waals surface area contributed by atoms with Crippen molar-refractivity contribution in [2.45, 2.75) is 18.4 Å². The third kappa shape index (κ3) is 3.20. The minimum Gasteiger partial charge on any atom is -0.388 e. The van der Waals surface area contributed by atoms with Gasteiger partial charge >= 0.3 is 12.2 Å². The van der Waals surface area contributed by atoms with Crippen LogP contribution in [0, 0.1) is 0 Å². The number of nitrogens with one attached hydrogen (secondary N) is 1. The van der Waals surface area contributed by atoms with Crippen LogP contribution in [0.2, 0.25) is 0 Å². The van der Waals surface area contributed by atoms with Crippen LogP contribution in [-0.2, 0) is 6.18 Å². The molecule has 2 amide bonds. The molecule has 0 radical (unpaired) electrons. The maximum Gasteiger partial charge on any atom is 0.416 e. The van der Waals surface area contributed by atoms with Gasteiger partial charge in [-0.3, -0.25) is 0 Å². The van der Waals surface area contributed by atoms with Crippen molar-refractivity contribution in [1.29, 1.82) is 0 Å². The van der Waals surface area contributed by atoms with Crippen molar-refractivity contribution in [2.75, 3.05) is 18.4 Å². The number of likely N-dealkylation sites (tertiary alicyclic amines) is 1. The second-order valence-corrected chi connectivity index (χ2v) is 4.54. The predicted octanol–water partition coefficient (Wildman–Crippen LogP) is 1.27. The molecule has 20 heavy (non-hydrogen) atoms. The van der Waals surface area contributed by atoms with E-state index < -0.39 is 30.0 Å². The molecule has 2 unspecified atom stereocenters. The zero-order valence-electron chi connectivity index (χ0n) is 10.3. The van der Waals surface area contributed by atoms with Gasteiger partial charge < -0.3 is 20.4 Å². The number of benzene rings is 1. The lowest BCUT2D eigenvalue weighted by Gasteiger charge is -2.16. The molecule has 2 atom stereocenters. The van der Waals surface area contributed by atoms with Crippen molar-refractivity contribution in [3.8, 4) is 0 Å². The fourth-order valence-corrected chi connectivity index (χ4v) is 1.88.